The summed E-state index contributed by atoms with van der Waals surface area (Å²) >= 11 is 0. The number of hydrogen-bond donors (Lipinski definition) is 2. The van der Waals surface area contributed by atoms with Gasteiger partial charge in [-0.3, -0.25) is 33.6 Å². The van der Waals surface area contributed by atoms with E-state index in [1.54, 1.807) is 12.1 Å². The molecule has 0 saturated heterocycles. The third-order valence-corrected chi connectivity index (χ3v) is 6.59. The number of ether oxygens (including phenoxy) is 1. The van der Waals surface area contributed by atoms with Gasteiger partial charge in [-0.1, -0.05) is 36.4 Å². The van der Waals surface area contributed by atoms with Gasteiger partial charge >= 0.3 is 5.97 Å². The summed E-state index contributed by atoms with van der Waals surface area (Å²) in [5, 5.41) is 2.33. The first-order valence-electron chi connectivity index (χ1n) is 12.5. The van der Waals surface area contributed by atoms with Crippen LogP contribution >= 0.6 is 0 Å². The van der Waals surface area contributed by atoms with Crippen molar-refractivity contribution >= 4 is 51.7 Å². The molecule has 11 heteroatoms. The lowest BCUT2D eigenvalue weighted by Gasteiger charge is -2.19. The van der Waals surface area contributed by atoms with E-state index in [0.29, 0.717) is 0 Å². The van der Waals surface area contributed by atoms with Crippen LogP contribution in [-0.2, 0) is 19.1 Å². The molecular weight excluding hydrogens is 530 g/mol. The summed E-state index contributed by atoms with van der Waals surface area (Å²) in [5.74, 6) is -6.97. The average Bonchev–Trinajstić information content (AvgIpc) is 2.96. The number of nitrogens with zero attached hydrogens (tertiary/aromatic N) is 1. The van der Waals surface area contributed by atoms with Crippen LogP contribution in [0.3, 0.4) is 0 Å². The molecule has 0 saturated carbocycles. The number of carbonyl (C=O) groups is 6. The number of H-pyrrole nitrogens is 1. The Bertz CT molecular complexity index is 1890. The second kappa shape index (κ2) is 10.5. The van der Waals surface area contributed by atoms with Crippen LogP contribution in [0.25, 0.3) is 11.0 Å². The summed E-state index contributed by atoms with van der Waals surface area (Å²) in [4.78, 5) is 97.1. The average molecular weight is 552 g/mol. The van der Waals surface area contributed by atoms with Crippen LogP contribution in [0.4, 0.5) is 5.69 Å². The first-order chi connectivity index (χ1) is 19.6. The molecule has 1 aliphatic carbocycles. The molecule has 1 aliphatic rings. The standard InChI is InChI=1S/C30H21N3O8/c1-3-41-30(40)22(27(37)29(39)31-16-8-6-7-15(13-16)14(2)34)24-28(38)33-23-20(32-24)12-11-19-21(23)26(36)18-10-5-4-9-17(18)25(19)35/h4-13,22H,3H2,1-2H3,(H,31,39)(H,33,38)/t22-/m0/s1. The zero-order valence-corrected chi connectivity index (χ0v) is 21.8. The van der Waals surface area contributed by atoms with Crippen LogP contribution < -0.4 is 10.9 Å². The van der Waals surface area contributed by atoms with E-state index in [0.717, 1.165) is 0 Å². The highest BCUT2D eigenvalue weighted by Gasteiger charge is 2.39. The van der Waals surface area contributed by atoms with Gasteiger partial charge in [-0.05, 0) is 38.1 Å². The zero-order chi connectivity index (χ0) is 29.4. The lowest BCUT2D eigenvalue weighted by molar-refractivity contribution is -0.150. The van der Waals surface area contributed by atoms with Gasteiger partial charge in [0, 0.05) is 27.9 Å². The van der Waals surface area contributed by atoms with Crippen LogP contribution in [0.15, 0.2) is 65.5 Å². The fourth-order valence-electron chi connectivity index (χ4n) is 4.66. The van der Waals surface area contributed by atoms with Crippen LogP contribution in [-0.4, -0.2) is 51.6 Å². The Labute approximate surface area is 231 Å². The van der Waals surface area contributed by atoms with E-state index in [4.69, 9.17) is 4.74 Å². The number of Topliss-reactive ketones (excluding diaryl/α,β-unsaturated/α-hetero) is 2. The molecular formula is C30H21N3O8. The summed E-state index contributed by atoms with van der Waals surface area (Å²) in [6, 6.07) is 14.8. The highest BCUT2D eigenvalue weighted by molar-refractivity contribution is 6.45. The number of esters is 1. The van der Waals surface area contributed by atoms with E-state index in [1.165, 1.54) is 62.4 Å². The van der Waals surface area contributed by atoms with Crippen molar-refractivity contribution in [3.8, 4) is 0 Å². The van der Waals surface area contributed by atoms with Gasteiger partial charge in [0.2, 0.25) is 5.78 Å². The number of rotatable bonds is 7. The third kappa shape index (κ3) is 4.73. The second-order valence-electron chi connectivity index (χ2n) is 9.18. The number of ketones is 4. The monoisotopic (exact) mass is 551 g/mol. The van der Waals surface area contributed by atoms with Crippen molar-refractivity contribution in [2.75, 3.05) is 11.9 Å². The highest BCUT2D eigenvalue weighted by Crippen LogP contribution is 2.31. The predicted molar refractivity (Wildman–Crippen MR) is 145 cm³/mol. The number of amides is 1. The molecule has 0 radical (unpaired) electrons. The quantitative estimate of drug-likeness (QED) is 0.134. The van der Waals surface area contributed by atoms with Gasteiger partial charge in [0.25, 0.3) is 11.5 Å². The highest BCUT2D eigenvalue weighted by atomic mass is 16.5. The fraction of sp³-hybridized carbons (Fsp3) is 0.133. The van der Waals surface area contributed by atoms with Crippen molar-refractivity contribution in [2.45, 2.75) is 19.8 Å². The van der Waals surface area contributed by atoms with E-state index < -0.39 is 46.4 Å². The number of hydrogen-bond acceptors (Lipinski definition) is 9. The van der Waals surface area contributed by atoms with Crippen molar-refractivity contribution in [2.24, 2.45) is 0 Å². The Morgan fingerprint density at radius 1 is 0.902 bits per heavy atom. The van der Waals surface area contributed by atoms with Crippen LogP contribution in [0.1, 0.15) is 67.7 Å². The molecule has 41 heavy (non-hydrogen) atoms. The molecule has 1 amide bonds. The second-order valence-corrected chi connectivity index (χ2v) is 9.18. The fourth-order valence-corrected chi connectivity index (χ4v) is 4.66. The molecule has 3 aromatic carbocycles. The normalized spacial score (nSPS) is 12.7. The van der Waals surface area contributed by atoms with E-state index >= 15 is 0 Å². The van der Waals surface area contributed by atoms with E-state index in [1.807, 2.05) is 0 Å². The maximum absolute atomic E-state index is 13.3. The number of benzene rings is 3. The van der Waals surface area contributed by atoms with Gasteiger partial charge in [-0.25, -0.2) is 4.98 Å². The minimum absolute atomic E-state index is 0.00977. The lowest BCUT2D eigenvalue weighted by Crippen LogP contribution is -2.37. The van der Waals surface area contributed by atoms with Crippen molar-refractivity contribution in [3.05, 3.63) is 105 Å². The molecule has 0 fully saturated rings. The van der Waals surface area contributed by atoms with Gasteiger partial charge in [0.15, 0.2) is 23.3 Å². The number of aromatic amines is 1. The minimum Gasteiger partial charge on any atom is -0.465 e. The van der Waals surface area contributed by atoms with Crippen LogP contribution in [0, 0.1) is 0 Å². The van der Waals surface area contributed by atoms with Crippen molar-refractivity contribution < 1.29 is 33.5 Å². The number of carbonyl (C=O) groups excluding carboxylic acids is 6. The van der Waals surface area contributed by atoms with Crippen molar-refractivity contribution in [1.29, 1.82) is 0 Å². The Kier molecular flexibility index (Phi) is 6.94. The summed E-state index contributed by atoms with van der Waals surface area (Å²) < 4.78 is 4.98. The van der Waals surface area contributed by atoms with Crippen molar-refractivity contribution in [1.82, 2.24) is 9.97 Å². The molecule has 0 spiro atoms. The minimum atomic E-state index is -2.03. The molecule has 4 aromatic rings. The lowest BCUT2D eigenvalue weighted by atomic mass is 9.83. The maximum Gasteiger partial charge on any atom is 0.323 e. The number of anilines is 1. The Hall–Kier alpha value is -5.58. The Morgan fingerprint density at radius 3 is 2.29 bits per heavy atom. The first-order valence-corrected chi connectivity index (χ1v) is 12.5. The molecule has 0 unspecified atom stereocenters. The SMILES string of the molecule is CCOC(=O)[C@H](C(=O)C(=O)Nc1cccc(C(C)=O)c1)c1nc2ccc3c(c2[nH]c1=O)C(=O)c1ccccc1C3=O. The Morgan fingerprint density at radius 2 is 1.61 bits per heavy atom. The van der Waals surface area contributed by atoms with Crippen molar-refractivity contribution in [3.63, 3.8) is 0 Å². The van der Waals surface area contributed by atoms with Crippen LogP contribution in [0.2, 0.25) is 0 Å². The van der Waals surface area contributed by atoms with Gasteiger partial charge in [0.05, 0.1) is 23.2 Å². The smallest absolute Gasteiger partial charge is 0.323 e. The molecule has 2 N–H and O–H groups in total. The molecule has 1 aromatic heterocycles. The third-order valence-electron chi connectivity index (χ3n) is 6.59. The van der Waals surface area contributed by atoms with Crippen LogP contribution in [0.5, 0.6) is 0 Å². The van der Waals surface area contributed by atoms with E-state index in [2.05, 4.69) is 15.3 Å². The number of aromatic nitrogens is 2. The van der Waals surface area contributed by atoms with E-state index in [-0.39, 0.29) is 56.9 Å². The molecule has 1 heterocycles. The summed E-state index contributed by atoms with van der Waals surface area (Å²) in [6.45, 7) is 2.66. The molecule has 5 rings (SSSR count). The summed E-state index contributed by atoms with van der Waals surface area (Å²) in [7, 11) is 0. The van der Waals surface area contributed by atoms with Gasteiger partial charge in [-0.15, -0.1) is 0 Å². The summed E-state index contributed by atoms with van der Waals surface area (Å²) in [6.07, 6.45) is 0. The van der Waals surface area contributed by atoms with Gasteiger partial charge < -0.3 is 15.0 Å². The largest absolute Gasteiger partial charge is 0.465 e. The molecule has 11 nitrogen and oxygen atoms in total. The number of nitrogens with one attached hydrogen (secondary N) is 2. The van der Waals surface area contributed by atoms with Gasteiger partial charge in [0.1, 0.15) is 5.69 Å². The van der Waals surface area contributed by atoms with Gasteiger partial charge in [-0.2, -0.15) is 0 Å². The Balaban J connectivity index is 1.57. The predicted octanol–water partition coefficient (Wildman–Crippen LogP) is 2.76. The first kappa shape index (κ1) is 27.0. The number of fused-ring (bicyclic) bond motifs is 4. The molecule has 0 aliphatic heterocycles. The maximum atomic E-state index is 13.3. The molecule has 1 atom stereocenters. The van der Waals surface area contributed by atoms with E-state index in [9.17, 15) is 33.6 Å². The molecule has 0 bridgehead atoms. The topological polar surface area (TPSA) is 169 Å². The zero-order valence-electron chi connectivity index (χ0n) is 21.8. The summed E-state index contributed by atoms with van der Waals surface area (Å²) in [5.41, 5.74) is -0.901. The molecule has 204 valence electrons.